The van der Waals surface area contributed by atoms with E-state index in [1.54, 1.807) is 49.5 Å². The number of ether oxygens (including phenoxy) is 1. The maximum atomic E-state index is 12.3. The molecule has 4 rings (SSSR count). The molecule has 2 heterocycles. The minimum absolute atomic E-state index is 0.233. The van der Waals surface area contributed by atoms with Gasteiger partial charge in [0.2, 0.25) is 5.91 Å². The molecule has 0 aliphatic rings. The van der Waals surface area contributed by atoms with Gasteiger partial charge in [0.1, 0.15) is 17.2 Å². The molecule has 31 heavy (non-hydrogen) atoms. The molecule has 2 amide bonds. The van der Waals surface area contributed by atoms with Gasteiger partial charge in [-0.2, -0.15) is 0 Å². The Labute approximate surface area is 178 Å². The number of benzene rings is 2. The van der Waals surface area contributed by atoms with Crippen molar-refractivity contribution in [2.24, 2.45) is 0 Å². The molecular weight excluding hydrogens is 392 g/mol. The molecule has 2 aromatic heterocycles. The van der Waals surface area contributed by atoms with Crippen molar-refractivity contribution >= 4 is 34.5 Å². The van der Waals surface area contributed by atoms with E-state index in [4.69, 9.17) is 4.74 Å². The van der Waals surface area contributed by atoms with Crippen LogP contribution in [-0.4, -0.2) is 28.8 Å². The summed E-state index contributed by atoms with van der Waals surface area (Å²) in [6.45, 7) is 0. The lowest BCUT2D eigenvalue weighted by Gasteiger charge is -2.08. The van der Waals surface area contributed by atoms with Crippen LogP contribution in [0.1, 0.15) is 16.1 Å². The topological polar surface area (TPSA) is 96.1 Å². The van der Waals surface area contributed by atoms with Crippen LogP contribution in [0.4, 0.5) is 5.69 Å². The zero-order valence-electron chi connectivity index (χ0n) is 16.8. The summed E-state index contributed by atoms with van der Waals surface area (Å²) < 4.78 is 5.76. The number of amides is 2. The molecular formula is C24H20N4O3. The summed E-state index contributed by atoms with van der Waals surface area (Å²) in [5, 5.41) is 6.40. The molecule has 4 aromatic rings. The summed E-state index contributed by atoms with van der Waals surface area (Å²) in [5.41, 5.74) is 2.88. The second-order valence-corrected chi connectivity index (χ2v) is 6.69. The smallest absolute Gasteiger partial charge is 0.269 e. The Kier molecular flexibility index (Phi) is 5.75. The van der Waals surface area contributed by atoms with Crippen molar-refractivity contribution in [3.8, 4) is 11.5 Å². The molecule has 7 heteroatoms. The summed E-state index contributed by atoms with van der Waals surface area (Å²) >= 11 is 0. The van der Waals surface area contributed by atoms with Crippen molar-refractivity contribution in [2.75, 3.05) is 12.4 Å². The predicted molar refractivity (Wildman–Crippen MR) is 120 cm³/mol. The van der Waals surface area contributed by atoms with Crippen molar-refractivity contribution in [3.05, 3.63) is 90.4 Å². The molecule has 0 aliphatic heterocycles. The highest BCUT2D eigenvalue weighted by Gasteiger charge is 2.07. The van der Waals surface area contributed by atoms with Crippen molar-refractivity contribution in [3.63, 3.8) is 0 Å². The van der Waals surface area contributed by atoms with E-state index in [0.717, 1.165) is 16.5 Å². The highest BCUT2D eigenvalue weighted by Crippen LogP contribution is 2.23. The molecule has 0 bridgehead atoms. The SMILES string of the molecule is CNC(=O)c1cc(Oc2ccc(NC(=O)/C=C/c3c[nH]c4ccccc34)cc2)ccn1. The molecule has 0 aliphatic carbocycles. The van der Waals surface area contributed by atoms with Crippen LogP contribution in [-0.2, 0) is 4.79 Å². The second-order valence-electron chi connectivity index (χ2n) is 6.69. The predicted octanol–water partition coefficient (Wildman–Crippen LogP) is 4.37. The molecule has 154 valence electrons. The lowest BCUT2D eigenvalue weighted by atomic mass is 10.1. The van der Waals surface area contributed by atoms with Crippen LogP contribution >= 0.6 is 0 Å². The van der Waals surface area contributed by atoms with Crippen LogP contribution in [0.5, 0.6) is 11.5 Å². The number of para-hydroxylation sites is 1. The van der Waals surface area contributed by atoms with Gasteiger partial charge in [0.25, 0.3) is 5.91 Å². The first-order valence-electron chi connectivity index (χ1n) is 9.63. The number of nitrogens with one attached hydrogen (secondary N) is 3. The van der Waals surface area contributed by atoms with E-state index in [1.807, 2.05) is 30.5 Å². The third kappa shape index (κ3) is 4.79. The molecule has 7 nitrogen and oxygen atoms in total. The third-order valence-corrected chi connectivity index (χ3v) is 4.58. The van der Waals surface area contributed by atoms with E-state index in [-0.39, 0.29) is 17.5 Å². The van der Waals surface area contributed by atoms with Gasteiger partial charge in [-0.3, -0.25) is 14.6 Å². The zero-order chi connectivity index (χ0) is 21.6. The van der Waals surface area contributed by atoms with E-state index >= 15 is 0 Å². The first-order chi connectivity index (χ1) is 15.1. The number of carbonyl (C=O) groups is 2. The van der Waals surface area contributed by atoms with E-state index in [2.05, 4.69) is 20.6 Å². The van der Waals surface area contributed by atoms with Crippen molar-refractivity contribution in [1.29, 1.82) is 0 Å². The Hall–Kier alpha value is -4.39. The summed E-state index contributed by atoms with van der Waals surface area (Å²) in [7, 11) is 1.54. The number of rotatable bonds is 6. The van der Waals surface area contributed by atoms with E-state index < -0.39 is 0 Å². The van der Waals surface area contributed by atoms with Crippen LogP contribution < -0.4 is 15.4 Å². The maximum Gasteiger partial charge on any atom is 0.269 e. The molecule has 0 atom stereocenters. The summed E-state index contributed by atoms with van der Waals surface area (Å²) in [4.78, 5) is 31.1. The van der Waals surface area contributed by atoms with Crippen LogP contribution in [0.25, 0.3) is 17.0 Å². The number of aromatic nitrogens is 2. The molecule has 0 fully saturated rings. The van der Waals surface area contributed by atoms with E-state index in [9.17, 15) is 9.59 Å². The number of carbonyl (C=O) groups excluding carboxylic acids is 2. The Morgan fingerprint density at radius 1 is 1.03 bits per heavy atom. The van der Waals surface area contributed by atoms with Crippen molar-refractivity contribution in [2.45, 2.75) is 0 Å². The Morgan fingerprint density at radius 3 is 2.65 bits per heavy atom. The molecule has 0 saturated heterocycles. The minimum atomic E-state index is -0.288. The fourth-order valence-corrected chi connectivity index (χ4v) is 3.05. The van der Waals surface area contributed by atoms with Gasteiger partial charge in [0.05, 0.1) is 0 Å². The van der Waals surface area contributed by atoms with Crippen LogP contribution in [0, 0.1) is 0 Å². The van der Waals surface area contributed by atoms with Gasteiger partial charge in [-0.05, 0) is 48.0 Å². The largest absolute Gasteiger partial charge is 0.457 e. The summed E-state index contributed by atoms with van der Waals surface area (Å²) in [5.74, 6) is 0.543. The molecule has 2 aromatic carbocycles. The third-order valence-electron chi connectivity index (χ3n) is 4.58. The number of H-pyrrole nitrogens is 1. The highest BCUT2D eigenvalue weighted by atomic mass is 16.5. The lowest BCUT2D eigenvalue weighted by molar-refractivity contribution is -0.111. The fraction of sp³-hybridized carbons (Fsp3) is 0.0417. The fourth-order valence-electron chi connectivity index (χ4n) is 3.05. The average Bonchev–Trinajstić information content (AvgIpc) is 3.22. The molecule has 3 N–H and O–H groups in total. The normalized spacial score (nSPS) is 10.9. The van der Waals surface area contributed by atoms with E-state index in [1.165, 1.54) is 12.3 Å². The molecule has 0 saturated carbocycles. The lowest BCUT2D eigenvalue weighted by Crippen LogP contribution is -2.18. The van der Waals surface area contributed by atoms with Gasteiger partial charge in [-0.1, -0.05) is 18.2 Å². The molecule has 0 spiro atoms. The maximum absolute atomic E-state index is 12.3. The Bertz CT molecular complexity index is 1260. The summed E-state index contributed by atoms with van der Waals surface area (Å²) in [6.07, 6.45) is 6.65. The van der Waals surface area contributed by atoms with Gasteiger partial charge in [0.15, 0.2) is 0 Å². The molecule has 0 radical (unpaired) electrons. The zero-order valence-corrected chi connectivity index (χ0v) is 16.8. The standard InChI is InChI=1S/C24H20N4O3/c1-25-24(30)22-14-19(12-13-26-22)31-18-9-7-17(8-10-18)28-23(29)11-6-16-15-27-21-5-3-2-4-20(16)21/h2-15,27H,1H3,(H,25,30)(H,28,29)/b11-6+. The quantitative estimate of drug-likeness (QED) is 0.410. The highest BCUT2D eigenvalue weighted by molar-refractivity contribution is 6.03. The van der Waals surface area contributed by atoms with Crippen LogP contribution in [0.15, 0.2) is 79.1 Å². The van der Waals surface area contributed by atoms with Gasteiger partial charge in [0, 0.05) is 48.2 Å². The number of hydrogen-bond donors (Lipinski definition) is 3. The van der Waals surface area contributed by atoms with Gasteiger partial charge >= 0.3 is 0 Å². The number of anilines is 1. The van der Waals surface area contributed by atoms with Gasteiger partial charge < -0.3 is 20.4 Å². The van der Waals surface area contributed by atoms with Gasteiger partial charge in [-0.25, -0.2) is 0 Å². The number of pyridine rings is 1. The minimum Gasteiger partial charge on any atom is -0.457 e. The average molecular weight is 412 g/mol. The Balaban J connectivity index is 1.38. The van der Waals surface area contributed by atoms with Gasteiger partial charge in [-0.15, -0.1) is 0 Å². The number of hydrogen-bond acceptors (Lipinski definition) is 4. The summed E-state index contributed by atoms with van der Waals surface area (Å²) in [6, 6.07) is 18.1. The van der Waals surface area contributed by atoms with Crippen molar-refractivity contribution < 1.29 is 14.3 Å². The van der Waals surface area contributed by atoms with Crippen LogP contribution in [0.3, 0.4) is 0 Å². The Morgan fingerprint density at radius 2 is 1.84 bits per heavy atom. The van der Waals surface area contributed by atoms with Crippen molar-refractivity contribution in [1.82, 2.24) is 15.3 Å². The first-order valence-corrected chi connectivity index (χ1v) is 9.63. The number of aromatic amines is 1. The number of fused-ring (bicyclic) bond motifs is 1. The van der Waals surface area contributed by atoms with Crippen LogP contribution in [0.2, 0.25) is 0 Å². The monoisotopic (exact) mass is 412 g/mol. The number of nitrogens with zero attached hydrogens (tertiary/aromatic N) is 1. The van der Waals surface area contributed by atoms with E-state index in [0.29, 0.717) is 17.2 Å². The second kappa shape index (κ2) is 8.96. The molecule has 0 unspecified atom stereocenters. The first kappa shape index (κ1) is 19.9.